The van der Waals surface area contributed by atoms with Gasteiger partial charge >= 0.3 is 6.18 Å². The minimum absolute atomic E-state index is 0.00726. The lowest BCUT2D eigenvalue weighted by Crippen LogP contribution is -2.39. The zero-order valence-corrected chi connectivity index (χ0v) is 37.7. The van der Waals surface area contributed by atoms with Crippen LogP contribution in [0.1, 0.15) is 127 Å². The first-order valence-corrected chi connectivity index (χ1v) is 21.5. The molecule has 4 aliphatic heterocycles. The van der Waals surface area contributed by atoms with E-state index in [1.165, 1.54) is 19.1 Å². The molecule has 69 heavy (non-hydrogen) atoms. The molecule has 344 valence electrons. The standard InChI is InChI=1S/C53H36F4N4O8/c1-23-16-24(2)41(25(3)17-23)59-46(64)34-12-8-29(19-37(34)49(59)67)30-9-13-35-38(20-30)50(68)60(47(35)65)42-26(4)18-27(5)43(28(42)6)61-48(66)36-15-11-32(22-40(36)51(61)69)52(54,53(55,56)57)31-10-14-33-39(21-31)45(63)58(7)44(33)62/h8-22H,1-7H3/t52-/m0/s1. The van der Waals surface area contributed by atoms with E-state index < -0.39 is 81.4 Å². The average Bonchev–Trinajstić information content (AvgIpc) is 3.88. The van der Waals surface area contributed by atoms with Crippen molar-refractivity contribution >= 4 is 64.3 Å². The van der Waals surface area contributed by atoms with E-state index in [9.17, 15) is 51.5 Å². The molecule has 0 spiro atoms. The second kappa shape index (κ2) is 14.8. The summed E-state index contributed by atoms with van der Waals surface area (Å²) in [5.74, 6) is -6.22. The highest BCUT2D eigenvalue weighted by atomic mass is 19.4. The summed E-state index contributed by atoms with van der Waals surface area (Å²) in [7, 11) is 1.14. The van der Waals surface area contributed by atoms with Crippen LogP contribution in [-0.2, 0) is 5.67 Å². The number of carbonyl (C=O) groups is 8. The van der Waals surface area contributed by atoms with Crippen LogP contribution >= 0.6 is 0 Å². The van der Waals surface area contributed by atoms with E-state index in [1.54, 1.807) is 44.2 Å². The predicted molar refractivity (Wildman–Crippen MR) is 244 cm³/mol. The Morgan fingerprint density at radius 1 is 0.362 bits per heavy atom. The van der Waals surface area contributed by atoms with Gasteiger partial charge in [-0.25, -0.2) is 19.1 Å². The van der Waals surface area contributed by atoms with Gasteiger partial charge in [0, 0.05) is 18.2 Å². The molecular weight excluding hydrogens is 897 g/mol. The highest BCUT2D eigenvalue weighted by Gasteiger charge is 2.60. The zero-order valence-electron chi connectivity index (χ0n) is 37.7. The predicted octanol–water partition coefficient (Wildman–Crippen LogP) is 9.61. The second-order valence-corrected chi connectivity index (χ2v) is 17.8. The van der Waals surface area contributed by atoms with Crippen LogP contribution < -0.4 is 14.7 Å². The van der Waals surface area contributed by atoms with Crippen LogP contribution in [0.25, 0.3) is 11.1 Å². The van der Waals surface area contributed by atoms with Gasteiger partial charge in [-0.05, 0) is 129 Å². The molecular formula is C53H36F4N4O8. The van der Waals surface area contributed by atoms with E-state index in [-0.39, 0.29) is 50.3 Å². The quantitative estimate of drug-likeness (QED) is 0.118. The second-order valence-electron chi connectivity index (χ2n) is 17.8. The van der Waals surface area contributed by atoms with Crippen LogP contribution in [-0.4, -0.2) is 65.4 Å². The van der Waals surface area contributed by atoms with Gasteiger partial charge < -0.3 is 0 Å². The SMILES string of the molecule is Cc1cc(C)c(N2C(=O)c3ccc(-c4ccc5c(c4)C(=O)N(c4c(C)cc(C)c(N6C(=O)c7ccc([C@@](F)(c8ccc9c(c8)C(=O)N(C)C9=O)C(F)(F)F)cc7C6=O)c4C)C5=O)cc3C2=O)c(C)c1. The van der Waals surface area contributed by atoms with Crippen molar-refractivity contribution in [2.45, 2.75) is 53.4 Å². The van der Waals surface area contributed by atoms with Crippen molar-refractivity contribution < 1.29 is 55.9 Å². The molecule has 16 heteroatoms. The summed E-state index contributed by atoms with van der Waals surface area (Å²) in [6.07, 6.45) is -5.66. The molecule has 4 aliphatic rings. The maximum atomic E-state index is 16.9. The van der Waals surface area contributed by atoms with E-state index in [0.29, 0.717) is 49.9 Å². The van der Waals surface area contributed by atoms with Crippen LogP contribution in [0, 0.1) is 41.5 Å². The van der Waals surface area contributed by atoms with Gasteiger partial charge in [0.1, 0.15) is 0 Å². The van der Waals surface area contributed by atoms with Crippen molar-refractivity contribution in [3.05, 3.63) is 180 Å². The normalized spacial score (nSPS) is 16.3. The number of benzene rings is 6. The summed E-state index contributed by atoms with van der Waals surface area (Å²) in [6.45, 7) is 10.2. The Morgan fingerprint density at radius 2 is 0.681 bits per heavy atom. The lowest BCUT2D eigenvalue weighted by Gasteiger charge is -2.29. The molecule has 0 saturated carbocycles. The number of rotatable bonds is 6. The van der Waals surface area contributed by atoms with Gasteiger partial charge in [-0.15, -0.1) is 0 Å². The number of halogens is 4. The van der Waals surface area contributed by atoms with E-state index in [2.05, 4.69) is 0 Å². The highest BCUT2D eigenvalue weighted by molar-refractivity contribution is 6.38. The molecule has 8 amide bonds. The molecule has 0 N–H and O–H groups in total. The molecule has 4 heterocycles. The fourth-order valence-corrected chi connectivity index (χ4v) is 10.4. The smallest absolute Gasteiger partial charge is 0.277 e. The molecule has 6 aromatic carbocycles. The fourth-order valence-electron chi connectivity index (χ4n) is 10.4. The van der Waals surface area contributed by atoms with E-state index >= 15 is 4.39 Å². The summed E-state index contributed by atoms with van der Waals surface area (Å²) in [4.78, 5) is 113. The van der Waals surface area contributed by atoms with Crippen LogP contribution in [0.2, 0.25) is 0 Å². The summed E-state index contributed by atoms with van der Waals surface area (Å²) in [5, 5.41) is 0. The molecule has 0 fully saturated rings. The third-order valence-corrected chi connectivity index (χ3v) is 13.5. The number of amides is 8. The third-order valence-electron chi connectivity index (χ3n) is 13.5. The zero-order chi connectivity index (χ0) is 49.7. The van der Waals surface area contributed by atoms with Crippen molar-refractivity contribution in [2.24, 2.45) is 0 Å². The Morgan fingerprint density at radius 3 is 1.10 bits per heavy atom. The van der Waals surface area contributed by atoms with Crippen molar-refractivity contribution in [2.75, 3.05) is 21.7 Å². The van der Waals surface area contributed by atoms with Crippen LogP contribution in [0.3, 0.4) is 0 Å². The van der Waals surface area contributed by atoms with Crippen molar-refractivity contribution in [1.82, 2.24) is 4.90 Å². The molecule has 0 aromatic heterocycles. The minimum atomic E-state index is -5.66. The van der Waals surface area contributed by atoms with Gasteiger partial charge in [0.05, 0.1) is 61.6 Å². The molecule has 10 rings (SSSR count). The topological polar surface area (TPSA) is 150 Å². The first-order chi connectivity index (χ1) is 32.5. The van der Waals surface area contributed by atoms with Crippen molar-refractivity contribution in [3.8, 4) is 11.1 Å². The van der Waals surface area contributed by atoms with Crippen LogP contribution in [0.15, 0.2) is 91.0 Å². The van der Waals surface area contributed by atoms with Crippen molar-refractivity contribution in [3.63, 3.8) is 0 Å². The Bertz CT molecular complexity index is 3500. The fraction of sp³-hybridized carbons (Fsp3) is 0.170. The van der Waals surface area contributed by atoms with Crippen LogP contribution in [0.4, 0.5) is 34.6 Å². The summed E-state index contributed by atoms with van der Waals surface area (Å²) in [5.41, 5.74) is -2.76. The Balaban J connectivity index is 0.978. The minimum Gasteiger partial charge on any atom is -0.277 e. The van der Waals surface area contributed by atoms with E-state index in [4.69, 9.17) is 0 Å². The molecule has 6 aromatic rings. The molecule has 0 radical (unpaired) electrons. The molecule has 0 aliphatic carbocycles. The third kappa shape index (κ3) is 6.06. The Kier molecular flexibility index (Phi) is 9.53. The molecule has 0 saturated heterocycles. The largest absolute Gasteiger partial charge is 0.431 e. The maximum Gasteiger partial charge on any atom is 0.431 e. The number of alkyl halides is 4. The van der Waals surface area contributed by atoms with Gasteiger partial charge in [-0.2, -0.15) is 13.2 Å². The summed E-state index contributed by atoms with van der Waals surface area (Å²) < 4.78 is 61.7. The van der Waals surface area contributed by atoms with E-state index in [1.807, 2.05) is 32.9 Å². The van der Waals surface area contributed by atoms with Crippen molar-refractivity contribution in [1.29, 1.82) is 0 Å². The Labute approximate surface area is 390 Å². The van der Waals surface area contributed by atoms with E-state index in [0.717, 1.165) is 57.8 Å². The molecule has 0 unspecified atom stereocenters. The number of nitrogens with zero attached hydrogens (tertiary/aromatic N) is 4. The number of hydrogen-bond donors (Lipinski definition) is 0. The first-order valence-electron chi connectivity index (χ1n) is 21.5. The number of aryl methyl sites for hydroxylation is 5. The molecule has 0 bridgehead atoms. The summed E-state index contributed by atoms with van der Waals surface area (Å²) >= 11 is 0. The first kappa shape index (κ1) is 44.4. The van der Waals surface area contributed by atoms with Gasteiger partial charge in [0.25, 0.3) is 52.9 Å². The number of imide groups is 4. The number of anilines is 3. The lowest BCUT2D eigenvalue weighted by molar-refractivity contribution is -0.219. The van der Waals surface area contributed by atoms with Gasteiger partial charge in [-0.3, -0.25) is 43.3 Å². The average molecular weight is 933 g/mol. The Hall–Kier alpha value is -8.40. The van der Waals surface area contributed by atoms with Gasteiger partial charge in [0.2, 0.25) is 0 Å². The monoisotopic (exact) mass is 932 g/mol. The number of carbonyl (C=O) groups excluding carboxylic acids is 8. The molecule has 1 atom stereocenters. The number of hydrogen-bond acceptors (Lipinski definition) is 8. The van der Waals surface area contributed by atoms with Crippen LogP contribution in [0.5, 0.6) is 0 Å². The summed E-state index contributed by atoms with van der Waals surface area (Å²) in [6, 6.07) is 19.2. The molecule has 12 nitrogen and oxygen atoms in total. The number of fused-ring (bicyclic) bond motifs is 4. The van der Waals surface area contributed by atoms with Gasteiger partial charge in [-0.1, -0.05) is 48.0 Å². The lowest BCUT2D eigenvalue weighted by atomic mass is 9.84. The maximum absolute atomic E-state index is 16.9. The van der Waals surface area contributed by atoms with Gasteiger partial charge in [0.15, 0.2) is 0 Å². The highest BCUT2D eigenvalue weighted by Crippen LogP contribution is 2.50.